The molecule has 0 saturated carbocycles. The predicted octanol–water partition coefficient (Wildman–Crippen LogP) is 4.52. The van der Waals surface area contributed by atoms with Crippen LogP contribution in [0.3, 0.4) is 0 Å². The highest BCUT2D eigenvalue weighted by Crippen LogP contribution is 2.21. The van der Waals surface area contributed by atoms with Crippen LogP contribution in [-0.2, 0) is 6.54 Å². The van der Waals surface area contributed by atoms with Crippen molar-refractivity contribution in [2.45, 2.75) is 13.5 Å². The summed E-state index contributed by atoms with van der Waals surface area (Å²) in [6.45, 7) is 3.47. The van der Waals surface area contributed by atoms with Gasteiger partial charge in [-0.2, -0.15) is 0 Å². The molecule has 0 aliphatic heterocycles. The topological polar surface area (TPSA) is 71.4 Å². The SMILES string of the molecule is Cc1ccc(-c2cn(CCNc3ncc(-c4ccc(Br)cc4)[nH]3)nn2)cc1. The predicted molar refractivity (Wildman–Crippen MR) is 110 cm³/mol. The van der Waals surface area contributed by atoms with Crippen LogP contribution in [-0.4, -0.2) is 31.5 Å². The quantitative estimate of drug-likeness (QED) is 0.479. The smallest absolute Gasteiger partial charge is 0.200 e. The number of hydrogen-bond donors (Lipinski definition) is 2. The van der Waals surface area contributed by atoms with Gasteiger partial charge in [0.15, 0.2) is 0 Å². The minimum absolute atomic E-state index is 0.698. The molecular formula is C20H19BrN6. The Morgan fingerprint density at radius 3 is 2.56 bits per heavy atom. The average Bonchev–Trinajstić information content (AvgIpc) is 3.33. The molecular weight excluding hydrogens is 404 g/mol. The fourth-order valence-corrected chi connectivity index (χ4v) is 3.00. The Bertz CT molecular complexity index is 934. The first-order valence-electron chi connectivity index (χ1n) is 8.69. The van der Waals surface area contributed by atoms with Crippen molar-refractivity contribution in [3.63, 3.8) is 0 Å². The van der Waals surface area contributed by atoms with Gasteiger partial charge in [0.25, 0.3) is 0 Å². The van der Waals surface area contributed by atoms with Crippen molar-refractivity contribution in [3.8, 4) is 22.5 Å². The van der Waals surface area contributed by atoms with Gasteiger partial charge in [0.1, 0.15) is 5.69 Å². The van der Waals surface area contributed by atoms with Gasteiger partial charge >= 0.3 is 0 Å². The van der Waals surface area contributed by atoms with Gasteiger partial charge in [0, 0.05) is 16.6 Å². The lowest BCUT2D eigenvalue weighted by Gasteiger charge is -2.03. The first kappa shape index (κ1) is 17.5. The van der Waals surface area contributed by atoms with Crippen LogP contribution in [0.2, 0.25) is 0 Å². The van der Waals surface area contributed by atoms with Crippen molar-refractivity contribution in [3.05, 3.63) is 71.0 Å². The van der Waals surface area contributed by atoms with Crippen LogP contribution in [0.1, 0.15) is 5.56 Å². The van der Waals surface area contributed by atoms with Gasteiger partial charge in [0.05, 0.1) is 24.6 Å². The van der Waals surface area contributed by atoms with Crippen LogP contribution in [0.25, 0.3) is 22.5 Å². The number of H-pyrrole nitrogens is 1. The molecule has 0 amide bonds. The normalized spacial score (nSPS) is 10.9. The molecule has 136 valence electrons. The molecule has 6 nitrogen and oxygen atoms in total. The van der Waals surface area contributed by atoms with Gasteiger partial charge < -0.3 is 10.3 Å². The standard InChI is InChI=1S/C20H19BrN6/c1-14-2-4-16(5-3-14)19-13-27(26-25-19)11-10-22-20-23-12-18(24-20)15-6-8-17(21)9-7-15/h2-9,12-13H,10-11H2,1H3,(H2,22,23,24). The Balaban J connectivity index is 1.34. The summed E-state index contributed by atoms with van der Waals surface area (Å²) in [6, 6.07) is 16.4. The molecule has 0 unspecified atom stereocenters. The zero-order valence-corrected chi connectivity index (χ0v) is 16.4. The number of aryl methyl sites for hydroxylation is 1. The Morgan fingerprint density at radius 2 is 1.78 bits per heavy atom. The summed E-state index contributed by atoms with van der Waals surface area (Å²) in [5, 5.41) is 11.7. The molecule has 0 atom stereocenters. The molecule has 4 rings (SSSR count). The maximum atomic E-state index is 4.38. The van der Waals surface area contributed by atoms with Crippen LogP contribution in [0, 0.1) is 6.92 Å². The van der Waals surface area contributed by atoms with Gasteiger partial charge in [-0.15, -0.1) is 5.10 Å². The summed E-state index contributed by atoms with van der Waals surface area (Å²) >= 11 is 3.45. The Hall–Kier alpha value is -2.93. The molecule has 2 aromatic heterocycles. The maximum absolute atomic E-state index is 4.38. The minimum Gasteiger partial charge on any atom is -0.354 e. The zero-order valence-electron chi connectivity index (χ0n) is 14.9. The van der Waals surface area contributed by atoms with E-state index in [9.17, 15) is 0 Å². The van der Waals surface area contributed by atoms with Gasteiger partial charge in [0.2, 0.25) is 5.95 Å². The van der Waals surface area contributed by atoms with E-state index in [-0.39, 0.29) is 0 Å². The van der Waals surface area contributed by atoms with E-state index >= 15 is 0 Å². The van der Waals surface area contributed by atoms with E-state index in [0.717, 1.165) is 32.9 Å². The number of nitrogens with one attached hydrogen (secondary N) is 2. The molecule has 0 radical (unpaired) electrons. The first-order valence-corrected chi connectivity index (χ1v) is 9.49. The van der Waals surface area contributed by atoms with Crippen molar-refractivity contribution in [1.82, 2.24) is 25.0 Å². The second-order valence-electron chi connectivity index (χ2n) is 6.31. The van der Waals surface area contributed by atoms with Crippen LogP contribution in [0.5, 0.6) is 0 Å². The maximum Gasteiger partial charge on any atom is 0.200 e. The van der Waals surface area contributed by atoms with Crippen LogP contribution < -0.4 is 5.32 Å². The molecule has 2 heterocycles. The summed E-state index contributed by atoms with van der Waals surface area (Å²) < 4.78 is 2.89. The number of rotatable bonds is 6. The van der Waals surface area contributed by atoms with Crippen LogP contribution in [0.15, 0.2) is 65.4 Å². The fraction of sp³-hybridized carbons (Fsp3) is 0.150. The number of aromatic nitrogens is 5. The zero-order chi connectivity index (χ0) is 18.6. The number of hydrogen-bond acceptors (Lipinski definition) is 4. The molecule has 0 aliphatic carbocycles. The highest BCUT2D eigenvalue weighted by atomic mass is 79.9. The van der Waals surface area contributed by atoms with Crippen molar-refractivity contribution >= 4 is 21.9 Å². The Labute approximate surface area is 165 Å². The van der Waals surface area contributed by atoms with Crippen molar-refractivity contribution in [2.24, 2.45) is 0 Å². The third-order valence-corrected chi connectivity index (χ3v) is 4.78. The number of nitrogens with zero attached hydrogens (tertiary/aromatic N) is 4. The van der Waals surface area contributed by atoms with Crippen molar-refractivity contribution < 1.29 is 0 Å². The van der Waals surface area contributed by atoms with E-state index in [1.54, 1.807) is 0 Å². The molecule has 2 aromatic carbocycles. The first-order chi connectivity index (χ1) is 13.2. The molecule has 0 aliphatic rings. The highest BCUT2D eigenvalue weighted by molar-refractivity contribution is 9.10. The third-order valence-electron chi connectivity index (χ3n) is 4.25. The highest BCUT2D eigenvalue weighted by Gasteiger charge is 2.05. The van der Waals surface area contributed by atoms with E-state index in [1.807, 2.05) is 41.3 Å². The molecule has 27 heavy (non-hydrogen) atoms. The average molecular weight is 423 g/mol. The molecule has 0 fully saturated rings. The molecule has 7 heteroatoms. The lowest BCUT2D eigenvalue weighted by molar-refractivity contribution is 0.608. The second kappa shape index (κ2) is 7.75. The largest absolute Gasteiger partial charge is 0.354 e. The number of benzene rings is 2. The van der Waals surface area contributed by atoms with Crippen molar-refractivity contribution in [2.75, 3.05) is 11.9 Å². The van der Waals surface area contributed by atoms with Crippen LogP contribution in [0.4, 0.5) is 5.95 Å². The summed E-state index contributed by atoms with van der Waals surface area (Å²) in [6.07, 6.45) is 3.79. The summed E-state index contributed by atoms with van der Waals surface area (Å²) in [5.41, 5.74) is 5.26. The van der Waals surface area contributed by atoms with E-state index < -0.39 is 0 Å². The summed E-state index contributed by atoms with van der Waals surface area (Å²) in [5.74, 6) is 0.742. The van der Waals surface area contributed by atoms with E-state index in [4.69, 9.17) is 0 Å². The Kier molecular flexibility index (Phi) is 5.02. The number of aromatic amines is 1. The van der Waals surface area contributed by atoms with E-state index in [1.165, 1.54) is 5.56 Å². The number of imidazole rings is 1. The van der Waals surface area contributed by atoms with E-state index in [0.29, 0.717) is 13.1 Å². The van der Waals surface area contributed by atoms with Gasteiger partial charge in [-0.05, 0) is 24.6 Å². The second-order valence-corrected chi connectivity index (χ2v) is 7.23. The summed E-state index contributed by atoms with van der Waals surface area (Å²) in [4.78, 5) is 7.67. The van der Waals surface area contributed by atoms with E-state index in [2.05, 4.69) is 72.7 Å². The van der Waals surface area contributed by atoms with Crippen LogP contribution >= 0.6 is 15.9 Å². The molecule has 0 saturated heterocycles. The van der Waals surface area contributed by atoms with Gasteiger partial charge in [-0.1, -0.05) is 63.1 Å². The molecule has 0 bridgehead atoms. The summed E-state index contributed by atoms with van der Waals surface area (Å²) in [7, 11) is 0. The van der Waals surface area contributed by atoms with Gasteiger partial charge in [-0.25, -0.2) is 4.98 Å². The lowest BCUT2D eigenvalue weighted by atomic mass is 10.1. The van der Waals surface area contributed by atoms with Crippen molar-refractivity contribution in [1.29, 1.82) is 0 Å². The Morgan fingerprint density at radius 1 is 1.04 bits per heavy atom. The molecule has 0 spiro atoms. The lowest BCUT2D eigenvalue weighted by Crippen LogP contribution is -2.11. The number of anilines is 1. The van der Waals surface area contributed by atoms with Gasteiger partial charge in [-0.3, -0.25) is 4.68 Å². The molecule has 2 N–H and O–H groups in total. The minimum atomic E-state index is 0.698. The number of halogens is 1. The monoisotopic (exact) mass is 422 g/mol. The fourth-order valence-electron chi connectivity index (χ4n) is 2.74. The third kappa shape index (κ3) is 4.25. The molecule has 4 aromatic rings.